The Morgan fingerprint density at radius 1 is 1.05 bits per heavy atom. The molecule has 2 heterocycles. The molecule has 5 fully saturated rings. The Kier molecular flexibility index (Phi) is 7.70. The monoisotopic (exact) mass is 581 g/mol. The molecule has 0 unspecified atom stereocenters. The molecule has 1 aromatic carbocycles. The number of benzene rings is 1. The van der Waals surface area contributed by atoms with Gasteiger partial charge in [-0.3, -0.25) is 14.5 Å². The van der Waals surface area contributed by atoms with Gasteiger partial charge in [-0.1, -0.05) is 24.0 Å². The van der Waals surface area contributed by atoms with Gasteiger partial charge in [0.1, 0.15) is 27.3 Å². The van der Waals surface area contributed by atoms with Crippen LogP contribution in [0, 0.1) is 23.7 Å². The predicted octanol–water partition coefficient (Wildman–Crippen LogP) is 6.79. The van der Waals surface area contributed by atoms with Crippen LogP contribution in [-0.2, 0) is 16.0 Å². The van der Waals surface area contributed by atoms with E-state index in [1.54, 1.807) is 20.3 Å². The van der Waals surface area contributed by atoms with Crippen LogP contribution < -0.4 is 9.47 Å². The molecule has 1 aromatic heterocycles. The van der Waals surface area contributed by atoms with Gasteiger partial charge in [-0.05, 0) is 98.8 Å². The van der Waals surface area contributed by atoms with E-state index < -0.39 is 5.97 Å². The number of carbonyl (C=O) groups excluding carboxylic acids is 1. The highest BCUT2D eigenvalue weighted by Gasteiger charge is 2.53. The van der Waals surface area contributed by atoms with Crippen molar-refractivity contribution < 1.29 is 28.6 Å². The fraction of sp³-hybridized carbons (Fsp3) is 0.516. The SMILES string of the molecule is COc1cc(OC)cc(-c2cc(CCCCC(=O)O)c(C=C3SC(=S)N(C4C5CC6CC(C5)CC4C6)C3=O)o2)c1. The van der Waals surface area contributed by atoms with Crippen molar-refractivity contribution in [3.8, 4) is 22.8 Å². The first-order valence-corrected chi connectivity index (χ1v) is 15.4. The number of aliphatic carboxylic acids is 1. The molecule has 40 heavy (non-hydrogen) atoms. The van der Waals surface area contributed by atoms with Crippen molar-refractivity contribution in [3.63, 3.8) is 0 Å². The molecule has 0 radical (unpaired) electrons. The number of carboxylic acid groups (broad SMARTS) is 1. The van der Waals surface area contributed by atoms with E-state index in [1.807, 2.05) is 29.2 Å². The van der Waals surface area contributed by atoms with Crippen LogP contribution in [0.3, 0.4) is 0 Å². The van der Waals surface area contributed by atoms with E-state index in [-0.39, 0.29) is 18.4 Å². The maximum Gasteiger partial charge on any atom is 0.303 e. The Morgan fingerprint density at radius 3 is 2.30 bits per heavy atom. The molecule has 2 aromatic rings. The molecule has 1 saturated heterocycles. The minimum atomic E-state index is -0.801. The van der Waals surface area contributed by atoms with Gasteiger partial charge in [0.25, 0.3) is 5.91 Å². The first-order valence-electron chi connectivity index (χ1n) is 14.2. The van der Waals surface area contributed by atoms with Gasteiger partial charge >= 0.3 is 5.97 Å². The molecule has 4 bridgehead atoms. The zero-order valence-electron chi connectivity index (χ0n) is 22.9. The van der Waals surface area contributed by atoms with Crippen LogP contribution in [0.5, 0.6) is 11.5 Å². The van der Waals surface area contributed by atoms with Gasteiger partial charge in [0.05, 0.1) is 19.1 Å². The number of unbranched alkanes of at least 4 members (excludes halogenated alkanes) is 1. The summed E-state index contributed by atoms with van der Waals surface area (Å²) < 4.78 is 17.9. The summed E-state index contributed by atoms with van der Waals surface area (Å²) in [6.07, 6.45) is 10.1. The molecule has 4 saturated carbocycles. The number of thiocarbonyl (C=S) groups is 1. The van der Waals surface area contributed by atoms with E-state index in [1.165, 1.54) is 43.9 Å². The van der Waals surface area contributed by atoms with E-state index in [4.69, 9.17) is 31.2 Å². The van der Waals surface area contributed by atoms with Gasteiger partial charge in [-0.25, -0.2) is 0 Å². The van der Waals surface area contributed by atoms with Gasteiger partial charge in [0.2, 0.25) is 0 Å². The fourth-order valence-corrected chi connectivity index (χ4v) is 8.93. The highest BCUT2D eigenvalue weighted by molar-refractivity contribution is 8.26. The van der Waals surface area contributed by atoms with Crippen molar-refractivity contribution in [2.24, 2.45) is 23.7 Å². The standard InChI is InChI=1S/C31H35NO6S2/c1-36-23-12-20(13-24(15-23)37-2)25-14-19(5-3-4-6-28(33)34)26(38-25)16-27-30(35)32(31(39)40-27)29-21-8-17-7-18(10-21)11-22(29)9-17/h12-18,21-22,29H,3-11H2,1-2H3,(H,33,34). The normalized spacial score (nSPS) is 28.1. The zero-order valence-corrected chi connectivity index (χ0v) is 24.5. The molecule has 7 rings (SSSR count). The number of nitrogens with zero attached hydrogens (tertiary/aromatic N) is 1. The number of carbonyl (C=O) groups is 2. The lowest BCUT2D eigenvalue weighted by atomic mass is 9.54. The Morgan fingerprint density at radius 2 is 1.70 bits per heavy atom. The van der Waals surface area contributed by atoms with Crippen LogP contribution in [0.1, 0.15) is 62.7 Å². The van der Waals surface area contributed by atoms with Gasteiger partial charge in [-0.15, -0.1) is 0 Å². The number of amides is 1. The number of hydrogen-bond donors (Lipinski definition) is 1. The van der Waals surface area contributed by atoms with Crippen LogP contribution >= 0.6 is 24.0 Å². The number of ether oxygens (including phenoxy) is 2. The van der Waals surface area contributed by atoms with Gasteiger partial charge in [0, 0.05) is 30.2 Å². The molecule has 5 aliphatic rings. The van der Waals surface area contributed by atoms with Crippen LogP contribution in [-0.4, -0.2) is 46.5 Å². The van der Waals surface area contributed by atoms with Crippen molar-refractivity contribution in [1.82, 2.24) is 4.90 Å². The molecule has 0 spiro atoms. The first-order chi connectivity index (χ1) is 19.3. The topological polar surface area (TPSA) is 89.2 Å². The van der Waals surface area contributed by atoms with Crippen LogP contribution in [0.4, 0.5) is 0 Å². The lowest BCUT2D eigenvalue weighted by Crippen LogP contribution is -2.57. The average Bonchev–Trinajstić information content (AvgIpc) is 3.45. The average molecular weight is 582 g/mol. The summed E-state index contributed by atoms with van der Waals surface area (Å²) >= 11 is 7.17. The van der Waals surface area contributed by atoms with Crippen LogP contribution in [0.2, 0.25) is 0 Å². The minimum Gasteiger partial charge on any atom is -0.497 e. The highest BCUT2D eigenvalue weighted by Crippen LogP contribution is 2.56. The smallest absolute Gasteiger partial charge is 0.303 e. The largest absolute Gasteiger partial charge is 0.497 e. The van der Waals surface area contributed by atoms with Crippen molar-refractivity contribution in [3.05, 3.63) is 40.5 Å². The summed E-state index contributed by atoms with van der Waals surface area (Å²) in [7, 11) is 3.21. The third-order valence-corrected chi connectivity index (χ3v) is 10.5. The number of rotatable bonds is 10. The molecule has 9 heteroatoms. The van der Waals surface area contributed by atoms with E-state index >= 15 is 0 Å². The molecule has 212 valence electrons. The second kappa shape index (κ2) is 11.2. The second-order valence-corrected chi connectivity index (χ2v) is 13.4. The molecule has 1 aliphatic heterocycles. The van der Waals surface area contributed by atoms with Crippen molar-refractivity contribution in [2.75, 3.05) is 14.2 Å². The lowest BCUT2D eigenvalue weighted by Gasteiger charge is -2.56. The summed E-state index contributed by atoms with van der Waals surface area (Å²) in [5.74, 6) is 4.49. The van der Waals surface area contributed by atoms with Gasteiger partial charge < -0.3 is 19.0 Å². The summed E-state index contributed by atoms with van der Waals surface area (Å²) in [6, 6.07) is 7.75. The summed E-state index contributed by atoms with van der Waals surface area (Å²) in [6.45, 7) is 0. The Bertz CT molecular complexity index is 1310. The summed E-state index contributed by atoms with van der Waals surface area (Å²) in [4.78, 5) is 27.4. The lowest BCUT2D eigenvalue weighted by molar-refractivity contribution is -0.137. The number of hydrogen-bond acceptors (Lipinski definition) is 7. The molecule has 4 aliphatic carbocycles. The molecule has 1 amide bonds. The quantitative estimate of drug-likeness (QED) is 0.186. The number of carboxylic acids is 1. The van der Waals surface area contributed by atoms with Crippen LogP contribution in [0.25, 0.3) is 17.4 Å². The Balaban J connectivity index is 1.29. The molecule has 0 atom stereocenters. The maximum atomic E-state index is 13.8. The number of furan rings is 1. The zero-order chi connectivity index (χ0) is 28.0. The third kappa shape index (κ3) is 5.30. The van der Waals surface area contributed by atoms with E-state index in [2.05, 4.69) is 0 Å². The molecular weight excluding hydrogens is 546 g/mol. The highest BCUT2D eigenvalue weighted by atomic mass is 32.2. The number of methoxy groups -OCH3 is 2. The van der Waals surface area contributed by atoms with Gasteiger partial charge in [0.15, 0.2) is 0 Å². The van der Waals surface area contributed by atoms with E-state index in [0.29, 0.717) is 63.3 Å². The molecule has 1 N–H and O–H groups in total. The summed E-state index contributed by atoms with van der Waals surface area (Å²) in [5.41, 5.74) is 1.73. The fourth-order valence-electron chi connectivity index (χ4n) is 7.62. The number of thioether (sulfide) groups is 1. The van der Waals surface area contributed by atoms with Crippen molar-refractivity contribution in [2.45, 2.75) is 63.8 Å². The van der Waals surface area contributed by atoms with Gasteiger partial charge in [-0.2, -0.15) is 0 Å². The molecule has 7 nitrogen and oxygen atoms in total. The van der Waals surface area contributed by atoms with Crippen LogP contribution in [0.15, 0.2) is 33.6 Å². The third-order valence-electron chi connectivity index (χ3n) is 9.13. The Hall–Kier alpha value is -2.78. The summed E-state index contributed by atoms with van der Waals surface area (Å²) in [5, 5.41) is 9.06. The number of aryl methyl sites for hydroxylation is 1. The van der Waals surface area contributed by atoms with Crippen molar-refractivity contribution in [1.29, 1.82) is 0 Å². The van der Waals surface area contributed by atoms with Crippen molar-refractivity contribution >= 4 is 46.3 Å². The Labute approximate surface area is 244 Å². The van der Waals surface area contributed by atoms with E-state index in [0.717, 1.165) is 23.0 Å². The minimum absolute atomic E-state index is 0.00898. The van der Waals surface area contributed by atoms with E-state index in [9.17, 15) is 9.59 Å². The second-order valence-electron chi connectivity index (χ2n) is 11.7. The molecular formula is C31H35NO6S2. The predicted molar refractivity (Wildman–Crippen MR) is 158 cm³/mol. The maximum absolute atomic E-state index is 13.8. The first kappa shape index (κ1) is 27.4.